The van der Waals surface area contributed by atoms with Crippen LogP contribution in [0, 0.1) is 0 Å². The molecule has 1 aliphatic heterocycles. The first-order chi connectivity index (χ1) is 15.8. The fourth-order valence-corrected chi connectivity index (χ4v) is 5.36. The molecule has 2 aromatic rings. The Balaban J connectivity index is 1.54. The topological polar surface area (TPSA) is 61.4 Å². The average molecular weight is 553 g/mol. The number of rotatable bonds is 7. The molecule has 1 heterocycles. The molecule has 0 bridgehead atoms. The van der Waals surface area contributed by atoms with Gasteiger partial charge in [-0.05, 0) is 81.1 Å². The maximum absolute atomic E-state index is 13.5. The van der Waals surface area contributed by atoms with Crippen molar-refractivity contribution in [3.63, 3.8) is 0 Å². The largest absolute Gasteiger partial charge is 0.343 e. The van der Waals surface area contributed by atoms with Crippen LogP contribution in [0.25, 0.3) is 0 Å². The molecular formula is C25H28BrCl2N3O2. The summed E-state index contributed by atoms with van der Waals surface area (Å²) in [6, 6.07) is 12.4. The summed E-state index contributed by atoms with van der Waals surface area (Å²) in [6.07, 6.45) is 4.90. The second kappa shape index (κ2) is 10.3. The highest BCUT2D eigenvalue weighted by molar-refractivity contribution is 9.10. The number of amides is 2. The molecule has 0 radical (unpaired) electrons. The van der Waals surface area contributed by atoms with Crippen LogP contribution in [0.4, 0.5) is 0 Å². The minimum absolute atomic E-state index is 0.0174. The summed E-state index contributed by atoms with van der Waals surface area (Å²) in [7, 11) is 2.02. The Morgan fingerprint density at radius 2 is 1.88 bits per heavy atom. The number of benzene rings is 2. The zero-order chi connectivity index (χ0) is 23.6. The number of carbonyl (C=O) groups is 2. The Bertz CT molecular complexity index is 1030. The standard InChI is InChI=1S/C25H28BrCl2N3O2/c1-31-13-3-2-4-22(31)30-23(32)21(14-16-5-7-17(26)8-6-16)29-24(33)25(11-12-25)19-10-9-18(27)15-20(19)28/h5-10,15,21-22H,2-4,11-14H2,1H3,(H,29,33)(H,30,32)/t21-,22?/m0/s1. The summed E-state index contributed by atoms with van der Waals surface area (Å²) < 4.78 is 0.967. The van der Waals surface area contributed by atoms with Crippen molar-refractivity contribution < 1.29 is 9.59 Å². The van der Waals surface area contributed by atoms with E-state index >= 15 is 0 Å². The first-order valence-corrected chi connectivity index (χ1v) is 12.8. The van der Waals surface area contributed by atoms with Gasteiger partial charge in [0.25, 0.3) is 0 Å². The van der Waals surface area contributed by atoms with E-state index in [1.807, 2.05) is 37.4 Å². The summed E-state index contributed by atoms with van der Waals surface area (Å²) in [5.41, 5.74) is 1.03. The van der Waals surface area contributed by atoms with Gasteiger partial charge in [0.05, 0.1) is 11.6 Å². The van der Waals surface area contributed by atoms with E-state index < -0.39 is 11.5 Å². The van der Waals surface area contributed by atoms with E-state index in [9.17, 15) is 9.59 Å². The Kier molecular flexibility index (Phi) is 7.69. The zero-order valence-electron chi connectivity index (χ0n) is 18.5. The van der Waals surface area contributed by atoms with Crippen molar-refractivity contribution in [2.75, 3.05) is 13.6 Å². The van der Waals surface area contributed by atoms with Crippen molar-refractivity contribution in [3.8, 4) is 0 Å². The first kappa shape index (κ1) is 24.5. The smallest absolute Gasteiger partial charge is 0.244 e. The van der Waals surface area contributed by atoms with Gasteiger partial charge in [-0.1, -0.05) is 57.3 Å². The molecular weight excluding hydrogens is 525 g/mol. The summed E-state index contributed by atoms with van der Waals surface area (Å²) in [5.74, 6) is -0.330. The number of nitrogens with zero attached hydrogens (tertiary/aromatic N) is 1. The molecule has 176 valence electrons. The summed E-state index contributed by atoms with van der Waals surface area (Å²) in [4.78, 5) is 29.0. The van der Waals surface area contributed by atoms with Crippen LogP contribution in [-0.2, 0) is 21.4 Å². The molecule has 1 saturated heterocycles. The SMILES string of the molecule is CN1CCCCC1NC(=O)[C@H](Cc1ccc(Br)cc1)NC(=O)C1(c2ccc(Cl)cc2Cl)CC1. The van der Waals surface area contributed by atoms with E-state index in [0.717, 1.165) is 41.4 Å². The molecule has 2 N–H and O–H groups in total. The minimum Gasteiger partial charge on any atom is -0.343 e. The lowest BCUT2D eigenvalue weighted by atomic mass is 9.94. The van der Waals surface area contributed by atoms with Gasteiger partial charge in [0.15, 0.2) is 0 Å². The molecule has 0 aromatic heterocycles. The third-order valence-corrected chi connectivity index (χ3v) is 7.76. The average Bonchev–Trinajstić information content (AvgIpc) is 3.58. The molecule has 1 unspecified atom stereocenters. The molecule has 2 atom stereocenters. The highest BCUT2D eigenvalue weighted by Crippen LogP contribution is 2.51. The highest BCUT2D eigenvalue weighted by atomic mass is 79.9. The monoisotopic (exact) mass is 551 g/mol. The van der Waals surface area contributed by atoms with E-state index in [-0.39, 0.29) is 18.0 Å². The van der Waals surface area contributed by atoms with Gasteiger partial charge in [0.2, 0.25) is 11.8 Å². The van der Waals surface area contributed by atoms with E-state index in [1.165, 1.54) is 0 Å². The molecule has 4 rings (SSSR count). The van der Waals surface area contributed by atoms with Gasteiger partial charge in [0, 0.05) is 20.9 Å². The summed E-state index contributed by atoms with van der Waals surface area (Å²) in [6.45, 7) is 0.951. The van der Waals surface area contributed by atoms with Crippen LogP contribution in [0.5, 0.6) is 0 Å². The lowest BCUT2D eigenvalue weighted by molar-refractivity contribution is -0.131. The number of piperidine rings is 1. The van der Waals surface area contributed by atoms with Crippen molar-refractivity contribution in [2.45, 2.75) is 56.1 Å². The van der Waals surface area contributed by atoms with E-state index in [4.69, 9.17) is 23.2 Å². The van der Waals surface area contributed by atoms with Gasteiger partial charge in [-0.2, -0.15) is 0 Å². The van der Waals surface area contributed by atoms with Crippen molar-refractivity contribution >= 4 is 50.9 Å². The Hall–Kier alpha value is -1.60. The van der Waals surface area contributed by atoms with Crippen LogP contribution in [0.2, 0.25) is 10.0 Å². The Morgan fingerprint density at radius 3 is 2.52 bits per heavy atom. The van der Waals surface area contributed by atoms with Crippen molar-refractivity contribution in [1.29, 1.82) is 0 Å². The predicted octanol–water partition coefficient (Wildman–Crippen LogP) is 5.07. The van der Waals surface area contributed by atoms with Crippen LogP contribution in [0.1, 0.15) is 43.2 Å². The molecule has 1 saturated carbocycles. The van der Waals surface area contributed by atoms with Crippen LogP contribution >= 0.6 is 39.1 Å². The second-order valence-electron chi connectivity index (χ2n) is 9.06. The predicted molar refractivity (Wildman–Crippen MR) is 136 cm³/mol. The first-order valence-electron chi connectivity index (χ1n) is 11.3. The number of likely N-dealkylation sites (tertiary alicyclic amines) is 1. The van der Waals surface area contributed by atoms with Gasteiger partial charge in [-0.15, -0.1) is 0 Å². The maximum Gasteiger partial charge on any atom is 0.244 e. The van der Waals surface area contributed by atoms with Crippen LogP contribution in [0.3, 0.4) is 0 Å². The van der Waals surface area contributed by atoms with Gasteiger partial charge >= 0.3 is 0 Å². The van der Waals surface area contributed by atoms with Gasteiger partial charge < -0.3 is 10.6 Å². The minimum atomic E-state index is -0.707. The summed E-state index contributed by atoms with van der Waals surface area (Å²) >= 11 is 15.9. The molecule has 33 heavy (non-hydrogen) atoms. The maximum atomic E-state index is 13.5. The molecule has 0 spiro atoms. The van der Waals surface area contributed by atoms with Gasteiger partial charge in [0.1, 0.15) is 6.04 Å². The lowest BCUT2D eigenvalue weighted by Crippen LogP contribution is -2.56. The number of hydrogen-bond acceptors (Lipinski definition) is 3. The quantitative estimate of drug-likeness (QED) is 0.504. The molecule has 5 nitrogen and oxygen atoms in total. The van der Waals surface area contributed by atoms with Gasteiger partial charge in [-0.25, -0.2) is 0 Å². The number of carbonyl (C=O) groups excluding carboxylic acids is 2. The number of nitrogens with one attached hydrogen (secondary N) is 2. The number of hydrogen-bond donors (Lipinski definition) is 2. The van der Waals surface area contributed by atoms with Gasteiger partial charge in [-0.3, -0.25) is 14.5 Å². The van der Waals surface area contributed by atoms with E-state index in [1.54, 1.807) is 12.1 Å². The van der Waals surface area contributed by atoms with Crippen molar-refractivity contribution in [2.24, 2.45) is 0 Å². The van der Waals surface area contributed by atoms with Crippen molar-refractivity contribution in [1.82, 2.24) is 15.5 Å². The number of halogens is 3. The summed E-state index contributed by atoms with van der Waals surface area (Å²) in [5, 5.41) is 7.22. The second-order valence-corrected chi connectivity index (χ2v) is 10.8. The normalized spacial score (nSPS) is 20.7. The van der Waals surface area contributed by atoms with Crippen LogP contribution in [-0.4, -0.2) is 42.5 Å². The molecule has 8 heteroatoms. The molecule has 2 aromatic carbocycles. The van der Waals surface area contributed by atoms with E-state index in [2.05, 4.69) is 31.5 Å². The van der Waals surface area contributed by atoms with Crippen molar-refractivity contribution in [3.05, 3.63) is 68.1 Å². The van der Waals surface area contributed by atoms with Crippen LogP contribution < -0.4 is 10.6 Å². The molecule has 1 aliphatic carbocycles. The third kappa shape index (κ3) is 5.73. The Morgan fingerprint density at radius 1 is 1.15 bits per heavy atom. The zero-order valence-corrected chi connectivity index (χ0v) is 21.6. The fourth-order valence-electron chi connectivity index (χ4n) is 4.51. The Labute approximate surface area is 213 Å². The van der Waals surface area contributed by atoms with Crippen LogP contribution in [0.15, 0.2) is 46.9 Å². The fraction of sp³-hybridized carbons (Fsp3) is 0.440. The molecule has 2 fully saturated rings. The lowest BCUT2D eigenvalue weighted by Gasteiger charge is -2.34. The molecule has 2 amide bonds. The highest BCUT2D eigenvalue weighted by Gasteiger charge is 2.53. The van der Waals surface area contributed by atoms with E-state index in [0.29, 0.717) is 29.3 Å². The third-order valence-electron chi connectivity index (χ3n) is 6.69. The molecule has 2 aliphatic rings.